The topological polar surface area (TPSA) is 48.9 Å². The molecule has 1 rings (SSSR count). The summed E-state index contributed by atoms with van der Waals surface area (Å²) in [6.45, 7) is 6.83. The van der Waals surface area contributed by atoms with Crippen LogP contribution in [-0.2, 0) is 4.74 Å². The van der Waals surface area contributed by atoms with Crippen LogP contribution in [0.3, 0.4) is 0 Å². The highest BCUT2D eigenvalue weighted by Gasteiger charge is 2.34. The molecule has 0 radical (unpaired) electrons. The Labute approximate surface area is 136 Å². The fraction of sp³-hybridized carbons (Fsp3) is 0.933. The van der Waals surface area contributed by atoms with Gasteiger partial charge in [-0.05, 0) is 33.1 Å². The molecule has 1 saturated heterocycles. The van der Waals surface area contributed by atoms with Crippen molar-refractivity contribution in [1.29, 1.82) is 0 Å². The van der Waals surface area contributed by atoms with Crippen LogP contribution in [0.2, 0.25) is 0 Å². The first-order valence-corrected chi connectivity index (χ1v) is 8.36. The van der Waals surface area contributed by atoms with Crippen molar-refractivity contribution in [2.75, 3.05) is 45.9 Å². The molecule has 0 saturated carbocycles. The van der Waals surface area contributed by atoms with Gasteiger partial charge in [0, 0.05) is 45.4 Å². The molecule has 8 heteroatoms. The number of nitrogens with one attached hydrogen (secondary N) is 2. The van der Waals surface area contributed by atoms with Gasteiger partial charge in [-0.1, -0.05) is 0 Å². The molecule has 1 unspecified atom stereocenters. The largest absolute Gasteiger partial charge is 0.401 e. The smallest absolute Gasteiger partial charge is 0.382 e. The summed E-state index contributed by atoms with van der Waals surface area (Å²) in [5, 5.41) is 6.37. The van der Waals surface area contributed by atoms with Gasteiger partial charge < -0.3 is 15.4 Å². The van der Waals surface area contributed by atoms with Gasteiger partial charge in [0.15, 0.2) is 5.96 Å². The number of ether oxygens (including phenoxy) is 1. The van der Waals surface area contributed by atoms with E-state index in [0.717, 1.165) is 32.6 Å². The lowest BCUT2D eigenvalue weighted by molar-refractivity contribution is -0.143. The predicted octanol–water partition coefficient (Wildman–Crippen LogP) is 1.99. The number of hydrogen-bond acceptors (Lipinski definition) is 3. The highest BCUT2D eigenvalue weighted by Crippen LogP contribution is 2.19. The molecule has 1 aliphatic rings. The van der Waals surface area contributed by atoms with Crippen LogP contribution >= 0.6 is 0 Å². The van der Waals surface area contributed by atoms with Crippen molar-refractivity contribution in [2.45, 2.75) is 45.3 Å². The van der Waals surface area contributed by atoms with Crippen LogP contribution in [0.25, 0.3) is 0 Å². The van der Waals surface area contributed by atoms with E-state index in [-0.39, 0.29) is 6.04 Å². The summed E-state index contributed by atoms with van der Waals surface area (Å²) in [6.07, 6.45) is -1.54. The molecule has 0 amide bonds. The molecular formula is C15H29F3N4O. The maximum absolute atomic E-state index is 12.4. The lowest BCUT2D eigenvalue weighted by atomic mass is 10.3. The number of hydrogen-bond donors (Lipinski definition) is 2. The van der Waals surface area contributed by atoms with E-state index in [1.165, 1.54) is 4.90 Å². The lowest BCUT2D eigenvalue weighted by Gasteiger charge is -2.19. The van der Waals surface area contributed by atoms with Crippen molar-refractivity contribution in [1.82, 2.24) is 15.5 Å². The van der Waals surface area contributed by atoms with Crippen LogP contribution in [0.15, 0.2) is 4.99 Å². The normalized spacial score (nSPS) is 20.0. The van der Waals surface area contributed by atoms with Gasteiger partial charge in [0.25, 0.3) is 0 Å². The van der Waals surface area contributed by atoms with E-state index < -0.39 is 12.7 Å². The van der Waals surface area contributed by atoms with Gasteiger partial charge in [-0.2, -0.15) is 13.2 Å². The molecule has 0 aromatic rings. The number of nitrogens with zero attached hydrogens (tertiary/aromatic N) is 2. The summed E-state index contributed by atoms with van der Waals surface area (Å²) in [5.74, 6) is 0.683. The molecule has 1 atom stereocenters. The Kier molecular flexibility index (Phi) is 9.31. The first-order chi connectivity index (χ1) is 10.9. The van der Waals surface area contributed by atoms with Crippen LogP contribution in [0.5, 0.6) is 0 Å². The van der Waals surface area contributed by atoms with Crippen LogP contribution in [0, 0.1) is 0 Å². The number of aliphatic imine (C=N–C) groups is 1. The molecule has 0 spiro atoms. The standard InChI is InChI=1S/C15H29F3N4O/c1-3-19-14(20-8-5-6-10-23-4-2)21-13-7-9-22(11-13)12-15(16,17)18/h13H,3-12H2,1-2H3,(H2,19,20,21). The van der Waals surface area contributed by atoms with E-state index >= 15 is 0 Å². The van der Waals surface area contributed by atoms with Crippen LogP contribution in [0.1, 0.15) is 33.1 Å². The quantitative estimate of drug-likeness (QED) is 0.384. The van der Waals surface area contributed by atoms with Crippen molar-refractivity contribution in [3.63, 3.8) is 0 Å². The SMILES string of the molecule is CCNC(=NCCCCOCC)NC1CCN(CC(F)(F)F)C1. The van der Waals surface area contributed by atoms with Crippen molar-refractivity contribution < 1.29 is 17.9 Å². The third-order valence-corrected chi connectivity index (χ3v) is 3.53. The van der Waals surface area contributed by atoms with Gasteiger partial charge in [0.1, 0.15) is 0 Å². The van der Waals surface area contributed by atoms with E-state index in [2.05, 4.69) is 15.6 Å². The Morgan fingerprint density at radius 3 is 2.74 bits per heavy atom. The number of rotatable bonds is 9. The molecule has 0 bridgehead atoms. The molecule has 0 aromatic heterocycles. The molecule has 1 aliphatic heterocycles. The Morgan fingerprint density at radius 1 is 1.30 bits per heavy atom. The van der Waals surface area contributed by atoms with Crippen molar-refractivity contribution in [3.8, 4) is 0 Å². The Hall–Kier alpha value is -1.02. The van der Waals surface area contributed by atoms with Gasteiger partial charge in [-0.15, -0.1) is 0 Å². The Balaban J connectivity index is 2.32. The highest BCUT2D eigenvalue weighted by molar-refractivity contribution is 5.80. The second-order valence-corrected chi connectivity index (χ2v) is 5.64. The summed E-state index contributed by atoms with van der Waals surface area (Å²) in [6, 6.07) is 0.0126. The third-order valence-electron chi connectivity index (χ3n) is 3.53. The third kappa shape index (κ3) is 9.65. The monoisotopic (exact) mass is 338 g/mol. The molecule has 1 fully saturated rings. The second-order valence-electron chi connectivity index (χ2n) is 5.64. The van der Waals surface area contributed by atoms with Crippen molar-refractivity contribution in [3.05, 3.63) is 0 Å². The number of halogens is 3. The van der Waals surface area contributed by atoms with E-state index in [1.807, 2.05) is 13.8 Å². The summed E-state index contributed by atoms with van der Waals surface area (Å²) in [5.41, 5.74) is 0. The predicted molar refractivity (Wildman–Crippen MR) is 85.7 cm³/mol. The van der Waals surface area contributed by atoms with Gasteiger partial charge in [-0.3, -0.25) is 9.89 Å². The minimum Gasteiger partial charge on any atom is -0.382 e. The molecular weight excluding hydrogens is 309 g/mol. The van der Waals surface area contributed by atoms with Crippen LogP contribution in [0.4, 0.5) is 13.2 Å². The summed E-state index contributed by atoms with van der Waals surface area (Å²) >= 11 is 0. The number of alkyl halides is 3. The van der Waals surface area contributed by atoms with E-state index in [1.54, 1.807) is 0 Å². The molecule has 0 aliphatic carbocycles. The number of unbranched alkanes of at least 4 members (excludes halogenated alkanes) is 1. The van der Waals surface area contributed by atoms with E-state index in [0.29, 0.717) is 32.0 Å². The summed E-state index contributed by atoms with van der Waals surface area (Å²) < 4.78 is 42.5. The molecule has 136 valence electrons. The maximum atomic E-state index is 12.4. The van der Waals surface area contributed by atoms with Crippen LogP contribution < -0.4 is 10.6 Å². The van der Waals surface area contributed by atoms with Gasteiger partial charge in [0.2, 0.25) is 0 Å². The lowest BCUT2D eigenvalue weighted by Crippen LogP contribution is -2.45. The summed E-state index contributed by atoms with van der Waals surface area (Å²) in [4.78, 5) is 5.91. The molecule has 0 aromatic carbocycles. The first-order valence-electron chi connectivity index (χ1n) is 8.36. The average molecular weight is 338 g/mol. The zero-order valence-electron chi connectivity index (χ0n) is 14.1. The van der Waals surface area contributed by atoms with Gasteiger partial charge >= 0.3 is 6.18 Å². The highest BCUT2D eigenvalue weighted by atomic mass is 19.4. The fourth-order valence-electron chi connectivity index (χ4n) is 2.51. The maximum Gasteiger partial charge on any atom is 0.401 e. The van der Waals surface area contributed by atoms with Crippen LogP contribution in [-0.4, -0.2) is 69.0 Å². The van der Waals surface area contributed by atoms with E-state index in [4.69, 9.17) is 4.74 Å². The van der Waals surface area contributed by atoms with Gasteiger partial charge in [-0.25, -0.2) is 0 Å². The van der Waals surface area contributed by atoms with Gasteiger partial charge in [0.05, 0.1) is 6.54 Å². The summed E-state index contributed by atoms with van der Waals surface area (Å²) in [7, 11) is 0. The molecule has 2 N–H and O–H groups in total. The van der Waals surface area contributed by atoms with Crippen molar-refractivity contribution >= 4 is 5.96 Å². The van der Waals surface area contributed by atoms with E-state index in [9.17, 15) is 13.2 Å². The zero-order chi connectivity index (χ0) is 17.1. The first kappa shape index (κ1) is 20.0. The average Bonchev–Trinajstić information content (AvgIpc) is 2.87. The Morgan fingerprint density at radius 2 is 2.09 bits per heavy atom. The Bertz CT molecular complexity index is 350. The minimum atomic E-state index is -4.13. The van der Waals surface area contributed by atoms with Crippen molar-refractivity contribution in [2.24, 2.45) is 4.99 Å². The second kappa shape index (κ2) is 10.7. The molecule has 23 heavy (non-hydrogen) atoms. The molecule has 1 heterocycles. The number of guanidine groups is 1. The fourth-order valence-corrected chi connectivity index (χ4v) is 2.51. The molecule has 5 nitrogen and oxygen atoms in total. The number of likely N-dealkylation sites (tertiary alicyclic amines) is 1. The zero-order valence-corrected chi connectivity index (χ0v) is 14.1. The minimum absolute atomic E-state index is 0.0126.